The summed E-state index contributed by atoms with van der Waals surface area (Å²) in [5.41, 5.74) is 0. The summed E-state index contributed by atoms with van der Waals surface area (Å²) in [5.74, 6) is -0.384. The third kappa shape index (κ3) is 6.96. The highest BCUT2D eigenvalue weighted by Gasteiger charge is 2.10. The normalized spacial score (nSPS) is 13.4. The van der Waals surface area contributed by atoms with Crippen molar-refractivity contribution < 1.29 is 14.3 Å². The molecule has 2 unspecified atom stereocenters. The lowest BCUT2D eigenvalue weighted by atomic mass is 10.1. The SMILES string of the molecule is C=CC(=O)OC(CC)CCCC(C)N=C=O. The first-order valence-electron chi connectivity index (χ1n) is 5.54. The second kappa shape index (κ2) is 8.86. The number of carbonyl (C=O) groups is 1. The summed E-state index contributed by atoms with van der Waals surface area (Å²) in [6.45, 7) is 7.18. The number of carbonyl (C=O) groups excluding carboxylic acids is 2. The van der Waals surface area contributed by atoms with Gasteiger partial charge in [-0.2, -0.15) is 0 Å². The van der Waals surface area contributed by atoms with Gasteiger partial charge in [0, 0.05) is 6.08 Å². The van der Waals surface area contributed by atoms with Gasteiger partial charge in [-0.15, -0.1) is 0 Å². The lowest BCUT2D eigenvalue weighted by Gasteiger charge is -2.15. The Labute approximate surface area is 96.4 Å². The predicted molar refractivity (Wildman–Crippen MR) is 61.8 cm³/mol. The number of ether oxygens (including phenoxy) is 1. The van der Waals surface area contributed by atoms with Crippen LogP contribution < -0.4 is 0 Å². The first-order chi connectivity index (χ1) is 7.63. The fourth-order valence-electron chi connectivity index (χ4n) is 1.35. The summed E-state index contributed by atoms with van der Waals surface area (Å²) < 4.78 is 5.13. The zero-order valence-corrected chi connectivity index (χ0v) is 9.94. The second-order valence-corrected chi connectivity index (χ2v) is 3.67. The Bertz CT molecular complexity index is 269. The van der Waals surface area contributed by atoms with Gasteiger partial charge in [0.1, 0.15) is 6.10 Å². The minimum atomic E-state index is -0.384. The van der Waals surface area contributed by atoms with Gasteiger partial charge >= 0.3 is 5.97 Å². The fraction of sp³-hybridized carbons (Fsp3) is 0.667. The van der Waals surface area contributed by atoms with E-state index < -0.39 is 0 Å². The standard InChI is InChI=1S/C12H19NO3/c1-4-11(16-12(15)5-2)8-6-7-10(3)13-9-14/h5,10-11H,2,4,6-8H2,1,3H3. The Morgan fingerprint density at radius 3 is 2.75 bits per heavy atom. The lowest BCUT2D eigenvalue weighted by molar-refractivity contribution is -0.143. The molecule has 0 rings (SSSR count). The Kier molecular flexibility index (Phi) is 8.08. The van der Waals surface area contributed by atoms with E-state index in [0.29, 0.717) is 0 Å². The molecule has 2 atom stereocenters. The molecular formula is C12H19NO3. The van der Waals surface area contributed by atoms with Gasteiger partial charge in [-0.25, -0.2) is 14.6 Å². The van der Waals surface area contributed by atoms with E-state index in [0.717, 1.165) is 25.7 Å². The van der Waals surface area contributed by atoms with E-state index in [2.05, 4.69) is 11.6 Å². The summed E-state index contributed by atoms with van der Waals surface area (Å²) >= 11 is 0. The van der Waals surface area contributed by atoms with Gasteiger partial charge in [-0.05, 0) is 32.6 Å². The molecule has 0 saturated carbocycles. The van der Waals surface area contributed by atoms with Crippen LogP contribution in [0, 0.1) is 0 Å². The fourth-order valence-corrected chi connectivity index (χ4v) is 1.35. The van der Waals surface area contributed by atoms with Crippen LogP contribution in [0.4, 0.5) is 0 Å². The number of aliphatic imine (C=N–C) groups is 1. The zero-order chi connectivity index (χ0) is 12.4. The molecule has 16 heavy (non-hydrogen) atoms. The van der Waals surface area contributed by atoms with Gasteiger partial charge in [0.2, 0.25) is 6.08 Å². The van der Waals surface area contributed by atoms with Crippen molar-refractivity contribution in [2.75, 3.05) is 0 Å². The summed E-state index contributed by atoms with van der Waals surface area (Å²) in [4.78, 5) is 24.5. The third-order valence-electron chi connectivity index (χ3n) is 2.33. The number of rotatable bonds is 8. The Balaban J connectivity index is 3.82. The van der Waals surface area contributed by atoms with Crippen molar-refractivity contribution in [3.63, 3.8) is 0 Å². The molecular weight excluding hydrogens is 206 g/mol. The van der Waals surface area contributed by atoms with E-state index in [1.807, 2.05) is 13.8 Å². The average molecular weight is 225 g/mol. The lowest BCUT2D eigenvalue weighted by Crippen LogP contribution is -2.16. The number of esters is 1. The maximum absolute atomic E-state index is 11.0. The average Bonchev–Trinajstić information content (AvgIpc) is 2.27. The maximum Gasteiger partial charge on any atom is 0.330 e. The van der Waals surface area contributed by atoms with Gasteiger partial charge in [0.15, 0.2) is 0 Å². The first-order valence-corrected chi connectivity index (χ1v) is 5.54. The maximum atomic E-state index is 11.0. The molecule has 0 radical (unpaired) electrons. The highest BCUT2D eigenvalue weighted by atomic mass is 16.5. The molecule has 4 heteroatoms. The molecule has 0 amide bonds. The Morgan fingerprint density at radius 1 is 1.56 bits per heavy atom. The highest BCUT2D eigenvalue weighted by Crippen LogP contribution is 2.11. The van der Waals surface area contributed by atoms with E-state index in [1.165, 1.54) is 12.2 Å². The van der Waals surface area contributed by atoms with Crippen LogP contribution in [0.5, 0.6) is 0 Å². The van der Waals surface area contributed by atoms with Crippen molar-refractivity contribution in [3.8, 4) is 0 Å². The van der Waals surface area contributed by atoms with E-state index >= 15 is 0 Å². The molecule has 0 heterocycles. The molecule has 0 fully saturated rings. The Hall–Kier alpha value is -1.41. The highest BCUT2D eigenvalue weighted by molar-refractivity contribution is 5.81. The number of hydrogen-bond donors (Lipinski definition) is 0. The van der Waals surface area contributed by atoms with Crippen LogP contribution in [0.1, 0.15) is 39.5 Å². The van der Waals surface area contributed by atoms with Crippen LogP contribution >= 0.6 is 0 Å². The molecule has 4 nitrogen and oxygen atoms in total. The van der Waals surface area contributed by atoms with Gasteiger partial charge in [0.05, 0.1) is 6.04 Å². The summed E-state index contributed by atoms with van der Waals surface area (Å²) in [7, 11) is 0. The molecule has 90 valence electrons. The van der Waals surface area contributed by atoms with Crippen molar-refractivity contribution in [2.24, 2.45) is 4.99 Å². The van der Waals surface area contributed by atoms with Gasteiger partial charge in [0.25, 0.3) is 0 Å². The number of isocyanates is 1. The van der Waals surface area contributed by atoms with Crippen LogP contribution in [0.3, 0.4) is 0 Å². The molecule has 0 aliphatic rings. The largest absolute Gasteiger partial charge is 0.459 e. The van der Waals surface area contributed by atoms with Crippen molar-refractivity contribution in [1.29, 1.82) is 0 Å². The van der Waals surface area contributed by atoms with Gasteiger partial charge < -0.3 is 4.74 Å². The van der Waals surface area contributed by atoms with Crippen molar-refractivity contribution in [2.45, 2.75) is 51.7 Å². The molecule has 0 bridgehead atoms. The molecule has 0 aliphatic carbocycles. The monoisotopic (exact) mass is 225 g/mol. The summed E-state index contributed by atoms with van der Waals surface area (Å²) in [6.07, 6.45) is 5.88. The van der Waals surface area contributed by atoms with Gasteiger partial charge in [-0.1, -0.05) is 13.5 Å². The molecule has 0 aliphatic heterocycles. The van der Waals surface area contributed by atoms with Crippen molar-refractivity contribution >= 4 is 12.0 Å². The predicted octanol–water partition coefficient (Wildman–Crippen LogP) is 2.39. The molecule has 0 spiro atoms. The summed E-state index contributed by atoms with van der Waals surface area (Å²) in [5, 5.41) is 0. The molecule has 0 N–H and O–H groups in total. The molecule has 0 aromatic carbocycles. The minimum Gasteiger partial charge on any atom is -0.459 e. The van der Waals surface area contributed by atoms with E-state index in [-0.39, 0.29) is 18.1 Å². The first kappa shape index (κ1) is 14.6. The van der Waals surface area contributed by atoms with E-state index in [9.17, 15) is 9.59 Å². The Morgan fingerprint density at radius 2 is 2.25 bits per heavy atom. The summed E-state index contributed by atoms with van der Waals surface area (Å²) in [6, 6.07) is -0.00916. The smallest absolute Gasteiger partial charge is 0.330 e. The van der Waals surface area contributed by atoms with E-state index in [4.69, 9.17) is 4.74 Å². The van der Waals surface area contributed by atoms with Crippen LogP contribution in [0.15, 0.2) is 17.6 Å². The van der Waals surface area contributed by atoms with Crippen LogP contribution in [-0.2, 0) is 14.3 Å². The number of nitrogens with zero attached hydrogens (tertiary/aromatic N) is 1. The topological polar surface area (TPSA) is 55.7 Å². The van der Waals surface area contributed by atoms with E-state index in [1.54, 1.807) is 0 Å². The zero-order valence-electron chi connectivity index (χ0n) is 9.94. The van der Waals surface area contributed by atoms with Crippen molar-refractivity contribution in [3.05, 3.63) is 12.7 Å². The molecule has 0 saturated heterocycles. The van der Waals surface area contributed by atoms with Crippen LogP contribution in [0.25, 0.3) is 0 Å². The molecule has 0 aromatic heterocycles. The molecule has 0 aromatic rings. The van der Waals surface area contributed by atoms with Crippen molar-refractivity contribution in [1.82, 2.24) is 0 Å². The van der Waals surface area contributed by atoms with Crippen LogP contribution in [-0.4, -0.2) is 24.2 Å². The van der Waals surface area contributed by atoms with Crippen LogP contribution in [0.2, 0.25) is 0 Å². The minimum absolute atomic E-state index is 0.00916. The second-order valence-electron chi connectivity index (χ2n) is 3.67. The third-order valence-corrected chi connectivity index (χ3v) is 2.33. The quantitative estimate of drug-likeness (QED) is 0.276. The van der Waals surface area contributed by atoms with Gasteiger partial charge in [-0.3, -0.25) is 0 Å². The number of hydrogen-bond acceptors (Lipinski definition) is 4.